The van der Waals surface area contributed by atoms with Crippen LogP contribution in [0.5, 0.6) is 5.75 Å². The number of methoxy groups -OCH3 is 1. The SMILES string of the molecule is C=CCN(C1CC1)S(=O)(=O)c1ccc(OC)c(CN)c1. The first kappa shape index (κ1) is 15.0. The number of hydrogen-bond acceptors (Lipinski definition) is 4. The van der Waals surface area contributed by atoms with Crippen molar-refractivity contribution in [2.75, 3.05) is 13.7 Å². The number of hydrogen-bond donors (Lipinski definition) is 1. The number of nitrogens with two attached hydrogens (primary N) is 1. The number of nitrogens with zero attached hydrogens (tertiary/aromatic N) is 1. The molecule has 5 nitrogen and oxygen atoms in total. The first-order valence-corrected chi connectivity index (χ1v) is 7.98. The van der Waals surface area contributed by atoms with Crippen molar-refractivity contribution in [2.24, 2.45) is 5.73 Å². The van der Waals surface area contributed by atoms with Gasteiger partial charge in [-0.2, -0.15) is 4.31 Å². The third-order valence-electron chi connectivity index (χ3n) is 3.34. The monoisotopic (exact) mass is 296 g/mol. The molecule has 0 aliphatic heterocycles. The minimum absolute atomic E-state index is 0.0985. The van der Waals surface area contributed by atoms with E-state index in [-0.39, 0.29) is 17.5 Å². The molecule has 0 heterocycles. The highest BCUT2D eigenvalue weighted by molar-refractivity contribution is 7.89. The van der Waals surface area contributed by atoms with Gasteiger partial charge in [-0.25, -0.2) is 8.42 Å². The Labute approximate surface area is 120 Å². The minimum atomic E-state index is -3.51. The molecule has 0 spiro atoms. The van der Waals surface area contributed by atoms with Crippen LogP contribution in [0.2, 0.25) is 0 Å². The van der Waals surface area contributed by atoms with Gasteiger partial charge in [-0.3, -0.25) is 0 Å². The van der Waals surface area contributed by atoms with Crippen molar-refractivity contribution < 1.29 is 13.2 Å². The van der Waals surface area contributed by atoms with Crippen molar-refractivity contribution in [1.29, 1.82) is 0 Å². The van der Waals surface area contributed by atoms with Crippen LogP contribution in [0.15, 0.2) is 35.7 Å². The van der Waals surface area contributed by atoms with Gasteiger partial charge >= 0.3 is 0 Å². The third kappa shape index (κ3) is 2.87. The first-order chi connectivity index (χ1) is 9.54. The predicted octanol–water partition coefficient (Wildman–Crippen LogP) is 1.49. The molecule has 0 atom stereocenters. The number of ether oxygens (including phenoxy) is 1. The van der Waals surface area contributed by atoms with E-state index in [2.05, 4.69) is 6.58 Å². The average Bonchev–Trinajstić information content (AvgIpc) is 3.28. The second kappa shape index (κ2) is 5.95. The Morgan fingerprint density at radius 1 is 1.50 bits per heavy atom. The Morgan fingerprint density at radius 3 is 2.70 bits per heavy atom. The number of rotatable bonds is 7. The summed E-state index contributed by atoms with van der Waals surface area (Å²) in [6.07, 6.45) is 3.43. The third-order valence-corrected chi connectivity index (χ3v) is 5.26. The van der Waals surface area contributed by atoms with Crippen molar-refractivity contribution in [3.05, 3.63) is 36.4 Å². The highest BCUT2D eigenvalue weighted by atomic mass is 32.2. The van der Waals surface area contributed by atoms with Crippen LogP contribution in [0.1, 0.15) is 18.4 Å². The van der Waals surface area contributed by atoms with Crippen molar-refractivity contribution in [3.63, 3.8) is 0 Å². The predicted molar refractivity (Wildman–Crippen MR) is 78.0 cm³/mol. The second-order valence-corrected chi connectivity index (χ2v) is 6.66. The molecule has 2 N–H and O–H groups in total. The molecule has 1 aliphatic carbocycles. The van der Waals surface area contributed by atoms with Gasteiger partial charge in [0.25, 0.3) is 0 Å². The van der Waals surface area contributed by atoms with Crippen LogP contribution >= 0.6 is 0 Å². The molecule has 0 unspecified atom stereocenters. The van der Waals surface area contributed by atoms with Crippen LogP contribution in [0.3, 0.4) is 0 Å². The van der Waals surface area contributed by atoms with Gasteiger partial charge in [-0.05, 0) is 31.0 Å². The van der Waals surface area contributed by atoms with Crippen LogP contribution < -0.4 is 10.5 Å². The summed E-state index contributed by atoms with van der Waals surface area (Å²) in [5.41, 5.74) is 6.32. The molecule has 1 fully saturated rings. The summed E-state index contributed by atoms with van der Waals surface area (Å²) >= 11 is 0. The van der Waals surface area contributed by atoms with Gasteiger partial charge in [0.05, 0.1) is 12.0 Å². The zero-order chi connectivity index (χ0) is 14.8. The van der Waals surface area contributed by atoms with E-state index in [4.69, 9.17) is 10.5 Å². The Hall–Kier alpha value is -1.37. The summed E-state index contributed by atoms with van der Waals surface area (Å²) in [6, 6.07) is 4.90. The lowest BCUT2D eigenvalue weighted by Gasteiger charge is -2.21. The molecule has 0 saturated heterocycles. The van der Waals surface area contributed by atoms with E-state index in [1.54, 1.807) is 24.3 Å². The van der Waals surface area contributed by atoms with E-state index in [1.807, 2.05) is 0 Å². The summed E-state index contributed by atoms with van der Waals surface area (Å²) in [5.74, 6) is 0.605. The maximum atomic E-state index is 12.7. The maximum absolute atomic E-state index is 12.7. The molecule has 2 rings (SSSR count). The maximum Gasteiger partial charge on any atom is 0.243 e. The van der Waals surface area contributed by atoms with E-state index >= 15 is 0 Å². The molecule has 1 aromatic carbocycles. The zero-order valence-corrected chi connectivity index (χ0v) is 12.4. The molecule has 0 amide bonds. The number of sulfonamides is 1. The highest BCUT2D eigenvalue weighted by Gasteiger charge is 2.37. The summed E-state index contributed by atoms with van der Waals surface area (Å²) < 4.78 is 32.0. The molecule has 0 radical (unpaired) electrons. The lowest BCUT2D eigenvalue weighted by atomic mass is 10.2. The van der Waals surface area contributed by atoms with E-state index in [0.717, 1.165) is 12.8 Å². The van der Waals surface area contributed by atoms with E-state index in [0.29, 0.717) is 17.9 Å². The zero-order valence-electron chi connectivity index (χ0n) is 11.6. The van der Waals surface area contributed by atoms with E-state index in [9.17, 15) is 8.42 Å². The van der Waals surface area contributed by atoms with Gasteiger partial charge in [0.15, 0.2) is 0 Å². The van der Waals surface area contributed by atoms with Gasteiger partial charge in [-0.1, -0.05) is 6.08 Å². The van der Waals surface area contributed by atoms with Gasteiger partial charge in [0.1, 0.15) is 5.75 Å². The van der Waals surface area contributed by atoms with Gasteiger partial charge < -0.3 is 10.5 Å². The Balaban J connectivity index is 2.39. The summed E-state index contributed by atoms with van der Waals surface area (Å²) in [7, 11) is -1.97. The van der Waals surface area contributed by atoms with E-state index in [1.165, 1.54) is 11.4 Å². The van der Waals surface area contributed by atoms with Gasteiger partial charge in [-0.15, -0.1) is 6.58 Å². The van der Waals surface area contributed by atoms with Crippen LogP contribution in [0.25, 0.3) is 0 Å². The standard InChI is InChI=1S/C14H20N2O3S/c1-3-8-16(12-4-5-12)20(17,18)13-6-7-14(19-2)11(9-13)10-15/h3,6-7,9,12H,1,4-5,8,10,15H2,2H3. The van der Waals surface area contributed by atoms with E-state index < -0.39 is 10.0 Å². The molecule has 1 aliphatic rings. The van der Waals surface area contributed by atoms with Crippen molar-refractivity contribution in [1.82, 2.24) is 4.31 Å². The van der Waals surface area contributed by atoms with Crippen molar-refractivity contribution in [3.8, 4) is 5.75 Å². The molecule has 1 aromatic rings. The quantitative estimate of drug-likeness (QED) is 0.774. The summed E-state index contributed by atoms with van der Waals surface area (Å²) in [4.78, 5) is 0.257. The normalized spacial score (nSPS) is 15.3. The highest BCUT2D eigenvalue weighted by Crippen LogP contribution is 2.33. The molecular weight excluding hydrogens is 276 g/mol. The largest absolute Gasteiger partial charge is 0.496 e. The van der Waals surface area contributed by atoms with Gasteiger partial charge in [0, 0.05) is 24.7 Å². The van der Waals surface area contributed by atoms with Crippen LogP contribution in [-0.4, -0.2) is 32.4 Å². The molecule has 110 valence electrons. The fourth-order valence-electron chi connectivity index (χ4n) is 2.14. The number of benzene rings is 1. The fraction of sp³-hybridized carbons (Fsp3) is 0.429. The van der Waals surface area contributed by atoms with Gasteiger partial charge in [0.2, 0.25) is 10.0 Å². The molecule has 0 bridgehead atoms. The Kier molecular flexibility index (Phi) is 4.47. The topological polar surface area (TPSA) is 72.6 Å². The lowest BCUT2D eigenvalue weighted by molar-refractivity contribution is 0.408. The molecule has 0 aromatic heterocycles. The van der Waals surface area contributed by atoms with Crippen LogP contribution in [-0.2, 0) is 16.6 Å². The van der Waals surface area contributed by atoms with Crippen molar-refractivity contribution >= 4 is 10.0 Å². The Morgan fingerprint density at radius 2 is 2.20 bits per heavy atom. The minimum Gasteiger partial charge on any atom is -0.496 e. The second-order valence-electron chi connectivity index (χ2n) is 4.77. The molecule has 20 heavy (non-hydrogen) atoms. The molecule has 6 heteroatoms. The molecular formula is C14H20N2O3S. The van der Waals surface area contributed by atoms with Crippen LogP contribution in [0, 0.1) is 0 Å². The molecule has 1 saturated carbocycles. The summed E-state index contributed by atoms with van der Waals surface area (Å²) in [6.45, 7) is 4.20. The van der Waals surface area contributed by atoms with Crippen LogP contribution in [0.4, 0.5) is 0 Å². The van der Waals surface area contributed by atoms with Crippen molar-refractivity contribution in [2.45, 2.75) is 30.3 Å². The summed E-state index contributed by atoms with van der Waals surface area (Å²) in [5, 5.41) is 0. The average molecular weight is 296 g/mol. The fourth-order valence-corrected chi connectivity index (χ4v) is 3.85. The smallest absolute Gasteiger partial charge is 0.243 e. The first-order valence-electron chi connectivity index (χ1n) is 6.54. The lowest BCUT2D eigenvalue weighted by Crippen LogP contribution is -2.33. The Bertz CT molecular complexity index is 594.